The van der Waals surface area contributed by atoms with Gasteiger partial charge in [0.2, 0.25) is 0 Å². The molecular weight excluding hydrogens is 454 g/mol. The highest BCUT2D eigenvalue weighted by Gasteiger charge is 2.11. The lowest BCUT2D eigenvalue weighted by Crippen LogP contribution is -2.05. The Morgan fingerprint density at radius 2 is 1.69 bits per heavy atom. The van der Waals surface area contributed by atoms with Gasteiger partial charge in [-0.25, -0.2) is 0 Å². The van der Waals surface area contributed by atoms with Crippen LogP contribution in [0, 0.1) is 5.92 Å². The average Bonchev–Trinajstić information content (AvgIpc) is 2.83. The molecule has 0 spiro atoms. The standard InChI is InChI=1S/C17H22ClN3O.C9H20.2C2H6/c1-4-8-20-11-12(2)17(21-9-7-13(3)19)15-6-5-14(18)10-16(15)22;1-4-5-6-7-8-9(2)3;2*1-2/h5-8,10-11,22H,4,9,19H2,1-3H3;9H,4-8H2,1-3H3;2*1-2H3/b12-11+,13-7+,20-8?,21-17?;;;. The van der Waals surface area contributed by atoms with Gasteiger partial charge >= 0.3 is 0 Å². The van der Waals surface area contributed by atoms with Crippen molar-refractivity contribution in [1.29, 1.82) is 0 Å². The summed E-state index contributed by atoms with van der Waals surface area (Å²) in [7, 11) is 0. The molecule has 1 aromatic rings. The molecule has 4 nitrogen and oxygen atoms in total. The second-order valence-electron chi connectivity index (χ2n) is 8.09. The quantitative estimate of drug-likeness (QED) is 0.231. The van der Waals surface area contributed by atoms with E-state index in [1.165, 1.54) is 38.2 Å². The van der Waals surface area contributed by atoms with E-state index in [2.05, 4.69) is 30.8 Å². The van der Waals surface area contributed by atoms with E-state index in [1.807, 2.05) is 60.8 Å². The molecule has 0 radical (unpaired) electrons. The summed E-state index contributed by atoms with van der Waals surface area (Å²) in [5.74, 6) is 0.994. The Bertz CT molecular complexity index is 746. The molecule has 1 aromatic carbocycles. The fourth-order valence-electron chi connectivity index (χ4n) is 2.72. The largest absolute Gasteiger partial charge is 0.507 e. The van der Waals surface area contributed by atoms with Crippen molar-refractivity contribution in [2.75, 3.05) is 6.54 Å². The van der Waals surface area contributed by atoms with Gasteiger partial charge in [0.05, 0.1) is 12.3 Å². The SMILES string of the molecule is CC.CC.CCC=N/C=C(\C)C(=NC/C=C(\C)N)c1ccc(Cl)cc1O.CCCCCCC(C)C. The zero-order valence-corrected chi connectivity index (χ0v) is 25.0. The lowest BCUT2D eigenvalue weighted by Gasteiger charge is -2.09. The van der Waals surface area contributed by atoms with E-state index < -0.39 is 0 Å². The first-order chi connectivity index (χ1) is 16.7. The van der Waals surface area contributed by atoms with Crippen LogP contribution >= 0.6 is 11.6 Å². The van der Waals surface area contributed by atoms with Crippen LogP contribution < -0.4 is 5.73 Å². The molecule has 202 valence electrons. The molecule has 5 heteroatoms. The minimum Gasteiger partial charge on any atom is -0.507 e. The molecular formula is C30H54ClN3O. The Hall–Kier alpha value is -2.07. The summed E-state index contributed by atoms with van der Waals surface area (Å²) >= 11 is 5.89. The second kappa shape index (κ2) is 26.5. The van der Waals surface area contributed by atoms with Crippen LogP contribution in [-0.4, -0.2) is 23.6 Å². The molecule has 35 heavy (non-hydrogen) atoms. The predicted octanol–water partition coefficient (Wildman–Crippen LogP) is 9.75. The maximum Gasteiger partial charge on any atom is 0.126 e. The molecule has 0 heterocycles. The Labute approximate surface area is 222 Å². The Kier molecular flexibility index (Phi) is 28.4. The molecule has 0 fully saturated rings. The van der Waals surface area contributed by atoms with Crippen molar-refractivity contribution < 1.29 is 5.11 Å². The molecule has 0 unspecified atom stereocenters. The van der Waals surface area contributed by atoms with E-state index in [1.54, 1.807) is 18.3 Å². The van der Waals surface area contributed by atoms with Gasteiger partial charge in [0.15, 0.2) is 0 Å². The number of phenolic OH excluding ortho intramolecular Hbond substituents is 1. The van der Waals surface area contributed by atoms with Crippen molar-refractivity contribution in [2.24, 2.45) is 21.6 Å². The van der Waals surface area contributed by atoms with E-state index in [0.717, 1.165) is 17.9 Å². The molecule has 0 atom stereocenters. The first-order valence-corrected chi connectivity index (χ1v) is 13.7. The van der Waals surface area contributed by atoms with Gasteiger partial charge in [0.1, 0.15) is 5.75 Å². The van der Waals surface area contributed by atoms with Crippen LogP contribution in [0.15, 0.2) is 51.7 Å². The Balaban J connectivity index is -0.000000659. The van der Waals surface area contributed by atoms with Gasteiger partial charge in [0.25, 0.3) is 0 Å². The van der Waals surface area contributed by atoms with Gasteiger partial charge in [-0.05, 0) is 56.0 Å². The van der Waals surface area contributed by atoms with Gasteiger partial charge < -0.3 is 10.8 Å². The zero-order chi connectivity index (χ0) is 27.6. The van der Waals surface area contributed by atoms with Crippen LogP contribution in [0.2, 0.25) is 5.02 Å². The number of hydrogen-bond donors (Lipinski definition) is 2. The highest BCUT2D eigenvalue weighted by atomic mass is 35.5. The van der Waals surface area contributed by atoms with Gasteiger partial charge in [-0.15, -0.1) is 0 Å². The van der Waals surface area contributed by atoms with Crippen molar-refractivity contribution in [3.05, 3.63) is 52.3 Å². The van der Waals surface area contributed by atoms with E-state index >= 15 is 0 Å². The minimum atomic E-state index is 0.0897. The highest BCUT2D eigenvalue weighted by Crippen LogP contribution is 2.25. The van der Waals surface area contributed by atoms with Crippen molar-refractivity contribution in [1.82, 2.24) is 0 Å². The molecule has 0 aliphatic rings. The number of nitrogens with zero attached hydrogens (tertiary/aromatic N) is 2. The summed E-state index contributed by atoms with van der Waals surface area (Å²) in [5, 5.41) is 10.6. The van der Waals surface area contributed by atoms with Crippen molar-refractivity contribution in [3.8, 4) is 5.75 Å². The first kappa shape index (κ1) is 37.5. The second-order valence-corrected chi connectivity index (χ2v) is 8.53. The number of allylic oxidation sites excluding steroid dienone is 2. The van der Waals surface area contributed by atoms with Crippen LogP contribution in [0.1, 0.15) is 113 Å². The normalized spacial score (nSPS) is 11.8. The van der Waals surface area contributed by atoms with Gasteiger partial charge in [0, 0.05) is 28.7 Å². The monoisotopic (exact) mass is 507 g/mol. The first-order valence-electron chi connectivity index (χ1n) is 13.4. The lowest BCUT2D eigenvalue weighted by molar-refractivity contribution is 0.474. The third-order valence-electron chi connectivity index (χ3n) is 4.44. The average molecular weight is 508 g/mol. The van der Waals surface area contributed by atoms with E-state index in [9.17, 15) is 5.11 Å². The predicted molar refractivity (Wildman–Crippen MR) is 161 cm³/mol. The number of phenols is 1. The summed E-state index contributed by atoms with van der Waals surface area (Å²) in [6, 6.07) is 4.97. The molecule has 3 N–H and O–H groups in total. The Morgan fingerprint density at radius 1 is 1.06 bits per heavy atom. The third-order valence-corrected chi connectivity index (χ3v) is 4.68. The highest BCUT2D eigenvalue weighted by molar-refractivity contribution is 6.31. The molecule has 0 aliphatic heterocycles. The topological polar surface area (TPSA) is 71.0 Å². The molecule has 0 amide bonds. The van der Waals surface area contributed by atoms with Crippen molar-refractivity contribution >= 4 is 23.5 Å². The van der Waals surface area contributed by atoms with Crippen molar-refractivity contribution in [2.45, 2.75) is 108 Å². The number of aliphatic imine (C=N–C) groups is 2. The van der Waals surface area contributed by atoms with Crippen LogP contribution in [0.3, 0.4) is 0 Å². The summed E-state index contributed by atoms with van der Waals surface area (Å²) in [6.07, 6.45) is 13.3. The number of aromatic hydroxyl groups is 1. The maximum atomic E-state index is 10.1. The molecule has 1 rings (SSSR count). The molecule has 0 saturated heterocycles. The number of unbranched alkanes of at least 4 members (excludes halogenated alkanes) is 3. The van der Waals surface area contributed by atoms with Gasteiger partial charge in [-0.1, -0.05) is 99.1 Å². The number of benzene rings is 1. The summed E-state index contributed by atoms with van der Waals surface area (Å²) in [4.78, 5) is 8.73. The van der Waals surface area contributed by atoms with Gasteiger partial charge in [-0.3, -0.25) is 9.98 Å². The maximum absolute atomic E-state index is 10.1. The molecule has 0 bridgehead atoms. The fraction of sp³-hybridized carbons (Fsp3) is 0.600. The van der Waals surface area contributed by atoms with Crippen LogP contribution in [-0.2, 0) is 0 Å². The van der Waals surface area contributed by atoms with Crippen molar-refractivity contribution in [3.63, 3.8) is 0 Å². The third kappa shape index (κ3) is 22.2. The number of halogens is 1. The zero-order valence-electron chi connectivity index (χ0n) is 24.3. The summed E-state index contributed by atoms with van der Waals surface area (Å²) in [5.41, 5.74) is 8.47. The summed E-state index contributed by atoms with van der Waals surface area (Å²) in [6.45, 7) is 21.0. The summed E-state index contributed by atoms with van der Waals surface area (Å²) < 4.78 is 0. The number of hydrogen-bond acceptors (Lipinski definition) is 4. The van der Waals surface area contributed by atoms with Crippen LogP contribution in [0.25, 0.3) is 0 Å². The van der Waals surface area contributed by atoms with E-state index in [0.29, 0.717) is 28.5 Å². The smallest absolute Gasteiger partial charge is 0.126 e. The lowest BCUT2D eigenvalue weighted by atomic mass is 10.0. The molecule has 0 aliphatic carbocycles. The van der Waals surface area contributed by atoms with E-state index in [4.69, 9.17) is 17.3 Å². The van der Waals surface area contributed by atoms with Crippen LogP contribution in [0.5, 0.6) is 5.75 Å². The van der Waals surface area contributed by atoms with Crippen LogP contribution in [0.4, 0.5) is 0 Å². The molecule has 0 saturated carbocycles. The van der Waals surface area contributed by atoms with Gasteiger partial charge in [-0.2, -0.15) is 0 Å². The number of nitrogens with two attached hydrogens (primary N) is 1. The minimum absolute atomic E-state index is 0.0897. The Morgan fingerprint density at radius 3 is 2.17 bits per heavy atom. The number of rotatable bonds is 11. The van der Waals surface area contributed by atoms with E-state index in [-0.39, 0.29) is 5.75 Å². The fourth-order valence-corrected chi connectivity index (χ4v) is 2.89. The molecule has 0 aromatic heterocycles.